The van der Waals surface area contributed by atoms with Crippen LogP contribution in [0.25, 0.3) is 32.8 Å². The van der Waals surface area contributed by atoms with Crippen LogP contribution in [0.15, 0.2) is 96.0 Å². The number of aliphatic imine (C=N–C) groups is 1. The molecule has 31 heavy (non-hydrogen) atoms. The molecule has 0 radical (unpaired) electrons. The summed E-state index contributed by atoms with van der Waals surface area (Å²) in [5.74, 6) is 0.414. The zero-order chi connectivity index (χ0) is 20.5. The molecule has 0 aliphatic rings. The van der Waals surface area contributed by atoms with Crippen LogP contribution in [0.5, 0.6) is 11.5 Å². The molecular formula is C26H18N2O2Pt. The first-order valence-corrected chi connectivity index (χ1v) is 9.63. The molecular weight excluding hydrogens is 567 g/mol. The predicted molar refractivity (Wildman–Crippen MR) is 122 cm³/mol. The number of aromatic hydroxyl groups is 2. The number of rotatable bonds is 3. The molecule has 154 valence electrons. The van der Waals surface area contributed by atoms with Crippen LogP contribution in [0.3, 0.4) is 0 Å². The molecule has 0 fully saturated rings. The molecule has 1 heterocycles. The molecule has 5 heteroatoms. The Morgan fingerprint density at radius 2 is 1.48 bits per heavy atom. The number of hydrogen-bond donors (Lipinski definition) is 2. The van der Waals surface area contributed by atoms with Gasteiger partial charge in [-0.2, -0.15) is 0 Å². The minimum atomic E-state index is 0. The first-order valence-electron chi connectivity index (χ1n) is 9.63. The molecule has 0 bridgehead atoms. The molecule has 0 saturated heterocycles. The maximum Gasteiger partial charge on any atom is 0.133 e. The van der Waals surface area contributed by atoms with Gasteiger partial charge < -0.3 is 10.2 Å². The van der Waals surface area contributed by atoms with Crippen LogP contribution in [0.2, 0.25) is 0 Å². The summed E-state index contributed by atoms with van der Waals surface area (Å²) in [5.41, 5.74) is 2.67. The van der Waals surface area contributed by atoms with E-state index in [0.717, 1.165) is 16.2 Å². The fourth-order valence-corrected chi connectivity index (χ4v) is 3.68. The standard InChI is InChI=1S/C26H18N2O2.Pt/c29-24-14-4-3-11-21(24)22-12-6-9-19(28-22)16-27-23-13-5-8-18-15-17-7-1-2-10-20(17)26(30)25(18)23;/h1-16,29-30H;. The predicted octanol–water partition coefficient (Wildman–Crippen LogP) is 6.21. The average Bonchev–Trinajstić information content (AvgIpc) is 2.78. The molecule has 0 amide bonds. The summed E-state index contributed by atoms with van der Waals surface area (Å²) in [4.78, 5) is 9.22. The average molecular weight is 586 g/mol. The van der Waals surface area contributed by atoms with Crippen molar-refractivity contribution in [1.82, 2.24) is 4.98 Å². The van der Waals surface area contributed by atoms with E-state index >= 15 is 0 Å². The van der Waals surface area contributed by atoms with Gasteiger partial charge in [-0.15, -0.1) is 0 Å². The van der Waals surface area contributed by atoms with Crippen molar-refractivity contribution in [3.63, 3.8) is 0 Å². The van der Waals surface area contributed by atoms with Gasteiger partial charge in [-0.1, -0.05) is 54.6 Å². The van der Waals surface area contributed by atoms with E-state index in [1.54, 1.807) is 18.3 Å². The SMILES string of the molecule is Oc1ccccc1-c1cccc(C=Nc2cccc3cc4ccccc4c(O)c23)n1.[Pt]. The third-order valence-corrected chi connectivity index (χ3v) is 5.12. The second-order valence-electron chi connectivity index (χ2n) is 7.04. The van der Waals surface area contributed by atoms with Crippen LogP contribution in [-0.2, 0) is 21.1 Å². The maximum absolute atomic E-state index is 10.9. The van der Waals surface area contributed by atoms with E-state index in [-0.39, 0.29) is 32.6 Å². The van der Waals surface area contributed by atoms with Crippen molar-refractivity contribution < 1.29 is 31.3 Å². The van der Waals surface area contributed by atoms with Crippen molar-refractivity contribution in [1.29, 1.82) is 0 Å². The Morgan fingerprint density at radius 1 is 0.742 bits per heavy atom. The topological polar surface area (TPSA) is 65.7 Å². The van der Waals surface area contributed by atoms with Crippen molar-refractivity contribution >= 4 is 33.4 Å². The molecule has 4 aromatic carbocycles. The molecule has 0 atom stereocenters. The van der Waals surface area contributed by atoms with E-state index in [1.165, 1.54) is 0 Å². The second kappa shape index (κ2) is 8.71. The minimum absolute atomic E-state index is 0. The number of phenolic OH excluding ortho intramolecular Hbond substituents is 2. The molecule has 1 aromatic heterocycles. The Hall–Kier alpha value is -3.49. The van der Waals surface area contributed by atoms with Gasteiger partial charge in [0, 0.05) is 37.4 Å². The van der Waals surface area contributed by atoms with Gasteiger partial charge in [-0.05, 0) is 47.2 Å². The summed E-state index contributed by atoms with van der Waals surface area (Å²) in [7, 11) is 0. The quantitative estimate of drug-likeness (QED) is 0.195. The smallest absolute Gasteiger partial charge is 0.133 e. The third kappa shape index (κ3) is 3.95. The maximum atomic E-state index is 10.9. The van der Waals surface area contributed by atoms with Crippen molar-refractivity contribution in [3.8, 4) is 22.8 Å². The monoisotopic (exact) mass is 585 g/mol. The number of hydrogen-bond acceptors (Lipinski definition) is 4. The van der Waals surface area contributed by atoms with Crippen LogP contribution in [0.4, 0.5) is 5.69 Å². The fourth-order valence-electron chi connectivity index (χ4n) is 3.68. The number of benzene rings is 4. The van der Waals surface area contributed by atoms with E-state index in [9.17, 15) is 10.2 Å². The third-order valence-electron chi connectivity index (χ3n) is 5.12. The van der Waals surface area contributed by atoms with Gasteiger partial charge in [0.2, 0.25) is 0 Å². The van der Waals surface area contributed by atoms with Gasteiger partial charge in [0.1, 0.15) is 11.5 Å². The van der Waals surface area contributed by atoms with Crippen molar-refractivity contribution in [2.24, 2.45) is 4.99 Å². The van der Waals surface area contributed by atoms with E-state index in [2.05, 4.69) is 16.0 Å². The molecule has 0 aliphatic carbocycles. The molecule has 4 nitrogen and oxygen atoms in total. The van der Waals surface area contributed by atoms with Crippen LogP contribution in [-0.4, -0.2) is 21.4 Å². The summed E-state index contributed by atoms with van der Waals surface area (Å²) >= 11 is 0. The molecule has 0 unspecified atom stereocenters. The Balaban J connectivity index is 0.00000231. The van der Waals surface area contributed by atoms with Crippen molar-refractivity contribution in [3.05, 3.63) is 96.7 Å². The van der Waals surface area contributed by atoms with Gasteiger partial charge in [0.25, 0.3) is 0 Å². The Labute approximate surface area is 193 Å². The number of pyridine rings is 1. The first-order chi connectivity index (χ1) is 14.7. The largest absolute Gasteiger partial charge is 0.507 e. The van der Waals surface area contributed by atoms with Gasteiger partial charge in [0.15, 0.2) is 0 Å². The first kappa shape index (κ1) is 20.8. The number of phenols is 2. The van der Waals surface area contributed by atoms with Crippen LogP contribution in [0, 0.1) is 0 Å². The fraction of sp³-hybridized carbons (Fsp3) is 0. The summed E-state index contributed by atoms with van der Waals surface area (Å²) in [6.45, 7) is 0. The Morgan fingerprint density at radius 3 is 2.35 bits per heavy atom. The summed E-state index contributed by atoms with van der Waals surface area (Å²) in [6, 6.07) is 28.3. The van der Waals surface area contributed by atoms with E-state index in [0.29, 0.717) is 28.0 Å². The van der Waals surface area contributed by atoms with E-state index < -0.39 is 0 Å². The minimum Gasteiger partial charge on any atom is -0.507 e. The summed E-state index contributed by atoms with van der Waals surface area (Å²) in [6.07, 6.45) is 1.67. The van der Waals surface area contributed by atoms with Crippen LogP contribution < -0.4 is 0 Å². The number of aromatic nitrogens is 1. The molecule has 0 spiro atoms. The zero-order valence-electron chi connectivity index (χ0n) is 16.3. The van der Waals surface area contributed by atoms with Gasteiger partial charge >= 0.3 is 0 Å². The normalized spacial score (nSPS) is 11.1. The number of nitrogens with zero attached hydrogens (tertiary/aromatic N) is 2. The van der Waals surface area contributed by atoms with E-state index in [1.807, 2.05) is 72.8 Å². The van der Waals surface area contributed by atoms with Crippen LogP contribution >= 0.6 is 0 Å². The molecule has 0 saturated carbocycles. The second-order valence-corrected chi connectivity index (χ2v) is 7.04. The Kier molecular flexibility index (Phi) is 5.83. The van der Waals surface area contributed by atoms with Crippen molar-refractivity contribution in [2.45, 2.75) is 0 Å². The zero-order valence-corrected chi connectivity index (χ0v) is 18.6. The van der Waals surface area contributed by atoms with Gasteiger partial charge in [0.05, 0.1) is 23.3 Å². The molecule has 2 N–H and O–H groups in total. The molecule has 5 aromatic rings. The molecule has 5 rings (SSSR count). The summed E-state index contributed by atoms with van der Waals surface area (Å²) in [5, 5.41) is 24.4. The van der Waals surface area contributed by atoms with Gasteiger partial charge in [-0.25, -0.2) is 4.98 Å². The van der Waals surface area contributed by atoms with E-state index in [4.69, 9.17) is 0 Å². The van der Waals surface area contributed by atoms with Gasteiger partial charge in [-0.3, -0.25) is 4.99 Å². The summed E-state index contributed by atoms with van der Waals surface area (Å²) < 4.78 is 0. The Bertz CT molecular complexity index is 1430. The number of fused-ring (bicyclic) bond motifs is 2. The molecule has 0 aliphatic heterocycles. The van der Waals surface area contributed by atoms with Crippen LogP contribution in [0.1, 0.15) is 5.69 Å². The number of para-hydroxylation sites is 1. The van der Waals surface area contributed by atoms with Crippen molar-refractivity contribution in [2.75, 3.05) is 0 Å².